The molecule has 1 aromatic heterocycles. The average molecular weight is 298 g/mol. The number of rotatable bonds is 2. The molecule has 0 spiro atoms. The highest BCUT2D eigenvalue weighted by atomic mass is 15.3. The fourth-order valence-electron chi connectivity index (χ4n) is 2.84. The van der Waals surface area contributed by atoms with Crippen molar-refractivity contribution in [2.45, 2.75) is 26.3 Å². The maximum absolute atomic E-state index is 4.84. The lowest BCUT2D eigenvalue weighted by Gasteiger charge is -2.33. The Balaban J connectivity index is 1.83. The lowest BCUT2D eigenvalue weighted by molar-refractivity contribution is 0.312. The van der Waals surface area contributed by atoms with Crippen LogP contribution in [0, 0.1) is 0 Å². The van der Waals surface area contributed by atoms with E-state index in [2.05, 4.69) is 73.3 Å². The van der Waals surface area contributed by atoms with Gasteiger partial charge in [0.05, 0.1) is 5.52 Å². The number of hydrogen-bond acceptors (Lipinski definition) is 4. The molecule has 3 rings (SSSR count). The van der Waals surface area contributed by atoms with Gasteiger partial charge in [-0.25, -0.2) is 4.98 Å². The molecule has 0 amide bonds. The molecule has 0 saturated carbocycles. The SMILES string of the molecule is CN1CCN(c2ccc3cc(NC(C)(C)C)ccc3n2)CC1. The average Bonchev–Trinajstić information content (AvgIpc) is 2.46. The molecule has 0 aliphatic carbocycles. The van der Waals surface area contributed by atoms with Crippen LogP contribution in [0.3, 0.4) is 0 Å². The van der Waals surface area contributed by atoms with Crippen LogP contribution in [0.15, 0.2) is 30.3 Å². The van der Waals surface area contributed by atoms with Gasteiger partial charge in [-0.2, -0.15) is 0 Å². The van der Waals surface area contributed by atoms with Crippen LogP contribution in [0.2, 0.25) is 0 Å². The smallest absolute Gasteiger partial charge is 0.129 e. The zero-order valence-electron chi connectivity index (χ0n) is 14.1. The molecule has 1 aliphatic rings. The summed E-state index contributed by atoms with van der Waals surface area (Å²) in [6, 6.07) is 10.7. The van der Waals surface area contributed by atoms with E-state index in [1.165, 1.54) is 5.39 Å². The zero-order chi connectivity index (χ0) is 15.7. The Hall–Kier alpha value is -1.81. The Bertz CT molecular complexity index is 652. The molecule has 1 fully saturated rings. The van der Waals surface area contributed by atoms with E-state index in [1.54, 1.807) is 0 Å². The number of aromatic nitrogens is 1. The first-order chi connectivity index (χ1) is 10.4. The van der Waals surface area contributed by atoms with Crippen molar-refractivity contribution in [3.63, 3.8) is 0 Å². The Morgan fingerprint density at radius 1 is 1.00 bits per heavy atom. The van der Waals surface area contributed by atoms with Crippen molar-refractivity contribution in [1.29, 1.82) is 0 Å². The van der Waals surface area contributed by atoms with Gasteiger partial charge in [-0.1, -0.05) is 0 Å². The second-order valence-corrected chi connectivity index (χ2v) is 7.24. The minimum Gasteiger partial charge on any atom is -0.380 e. The molecule has 0 unspecified atom stereocenters. The minimum absolute atomic E-state index is 0.0703. The first-order valence-corrected chi connectivity index (χ1v) is 8.03. The number of piperazine rings is 1. The van der Waals surface area contributed by atoms with E-state index in [0.717, 1.165) is 43.2 Å². The summed E-state index contributed by atoms with van der Waals surface area (Å²) in [7, 11) is 2.18. The summed E-state index contributed by atoms with van der Waals surface area (Å²) in [6.07, 6.45) is 0. The maximum atomic E-state index is 4.84. The molecule has 118 valence electrons. The van der Waals surface area contributed by atoms with Gasteiger partial charge in [0.1, 0.15) is 5.82 Å². The number of nitrogens with one attached hydrogen (secondary N) is 1. The molecule has 0 bridgehead atoms. The summed E-state index contributed by atoms with van der Waals surface area (Å²) in [5.74, 6) is 1.09. The third kappa shape index (κ3) is 3.50. The van der Waals surface area contributed by atoms with Gasteiger partial charge in [-0.3, -0.25) is 0 Å². The Kier molecular flexibility index (Phi) is 3.96. The third-order valence-corrected chi connectivity index (χ3v) is 4.02. The second kappa shape index (κ2) is 5.76. The Morgan fingerprint density at radius 3 is 2.41 bits per heavy atom. The summed E-state index contributed by atoms with van der Waals surface area (Å²) >= 11 is 0. The standard InChI is InChI=1S/C18H26N4/c1-18(2,3)20-15-6-7-16-14(13-15)5-8-17(19-16)22-11-9-21(4)10-12-22/h5-8,13,20H,9-12H2,1-4H3. The topological polar surface area (TPSA) is 31.4 Å². The van der Waals surface area contributed by atoms with Crippen LogP contribution in [-0.2, 0) is 0 Å². The first kappa shape index (κ1) is 15.1. The summed E-state index contributed by atoms with van der Waals surface area (Å²) in [5, 5.41) is 4.70. The molecule has 0 radical (unpaired) electrons. The third-order valence-electron chi connectivity index (χ3n) is 4.02. The Labute approximate surface area is 133 Å². The lowest BCUT2D eigenvalue weighted by Crippen LogP contribution is -2.44. The van der Waals surface area contributed by atoms with Gasteiger partial charge in [0.15, 0.2) is 0 Å². The monoisotopic (exact) mass is 298 g/mol. The highest BCUT2D eigenvalue weighted by Gasteiger charge is 2.15. The van der Waals surface area contributed by atoms with Crippen molar-refractivity contribution in [2.24, 2.45) is 0 Å². The van der Waals surface area contributed by atoms with Crippen molar-refractivity contribution in [2.75, 3.05) is 43.4 Å². The number of fused-ring (bicyclic) bond motifs is 1. The molecule has 22 heavy (non-hydrogen) atoms. The summed E-state index contributed by atoms with van der Waals surface area (Å²) in [6.45, 7) is 10.8. The van der Waals surface area contributed by atoms with Gasteiger partial charge < -0.3 is 15.1 Å². The van der Waals surface area contributed by atoms with E-state index in [4.69, 9.17) is 4.98 Å². The predicted molar refractivity (Wildman–Crippen MR) is 94.8 cm³/mol. The van der Waals surface area contributed by atoms with Crippen LogP contribution in [0.4, 0.5) is 11.5 Å². The van der Waals surface area contributed by atoms with E-state index < -0.39 is 0 Å². The normalized spacial score (nSPS) is 17.0. The molecule has 4 nitrogen and oxygen atoms in total. The van der Waals surface area contributed by atoms with Gasteiger partial charge in [0, 0.05) is 42.8 Å². The fraction of sp³-hybridized carbons (Fsp3) is 0.500. The molecule has 1 aromatic carbocycles. The van der Waals surface area contributed by atoms with Gasteiger partial charge in [-0.15, -0.1) is 0 Å². The van der Waals surface area contributed by atoms with E-state index in [1.807, 2.05) is 0 Å². The van der Waals surface area contributed by atoms with E-state index in [-0.39, 0.29) is 5.54 Å². The summed E-state index contributed by atoms with van der Waals surface area (Å²) < 4.78 is 0. The zero-order valence-corrected chi connectivity index (χ0v) is 14.1. The van der Waals surface area contributed by atoms with Gasteiger partial charge in [0.25, 0.3) is 0 Å². The highest BCUT2D eigenvalue weighted by Crippen LogP contribution is 2.23. The van der Waals surface area contributed by atoms with Crippen molar-refractivity contribution in [1.82, 2.24) is 9.88 Å². The van der Waals surface area contributed by atoms with Crippen molar-refractivity contribution in [3.05, 3.63) is 30.3 Å². The Morgan fingerprint density at radius 2 is 1.73 bits per heavy atom. The van der Waals surface area contributed by atoms with Crippen LogP contribution in [0.5, 0.6) is 0 Å². The van der Waals surface area contributed by atoms with Crippen LogP contribution in [-0.4, -0.2) is 48.6 Å². The number of benzene rings is 1. The molecule has 1 N–H and O–H groups in total. The molecule has 0 atom stereocenters. The largest absolute Gasteiger partial charge is 0.380 e. The van der Waals surface area contributed by atoms with E-state index >= 15 is 0 Å². The molecule has 4 heteroatoms. The van der Waals surface area contributed by atoms with Crippen molar-refractivity contribution in [3.8, 4) is 0 Å². The van der Waals surface area contributed by atoms with Crippen LogP contribution >= 0.6 is 0 Å². The van der Waals surface area contributed by atoms with Crippen LogP contribution in [0.25, 0.3) is 10.9 Å². The van der Waals surface area contributed by atoms with E-state index in [9.17, 15) is 0 Å². The molecular weight excluding hydrogens is 272 g/mol. The van der Waals surface area contributed by atoms with Crippen molar-refractivity contribution >= 4 is 22.4 Å². The van der Waals surface area contributed by atoms with Crippen molar-refractivity contribution < 1.29 is 0 Å². The molecule has 2 heterocycles. The second-order valence-electron chi connectivity index (χ2n) is 7.24. The number of nitrogens with zero attached hydrogens (tertiary/aromatic N) is 3. The lowest BCUT2D eigenvalue weighted by atomic mass is 10.1. The van der Waals surface area contributed by atoms with Gasteiger partial charge in [0.2, 0.25) is 0 Å². The summed E-state index contributed by atoms with van der Waals surface area (Å²) in [4.78, 5) is 9.58. The number of anilines is 2. The summed E-state index contributed by atoms with van der Waals surface area (Å²) in [5.41, 5.74) is 2.28. The van der Waals surface area contributed by atoms with Crippen LogP contribution in [0.1, 0.15) is 20.8 Å². The minimum atomic E-state index is 0.0703. The molecular formula is C18H26N4. The first-order valence-electron chi connectivity index (χ1n) is 8.03. The van der Waals surface area contributed by atoms with Gasteiger partial charge in [-0.05, 0) is 58.2 Å². The quantitative estimate of drug-likeness (QED) is 0.922. The number of pyridine rings is 1. The number of hydrogen-bond donors (Lipinski definition) is 1. The molecule has 1 saturated heterocycles. The predicted octanol–water partition coefficient (Wildman–Crippen LogP) is 3.20. The van der Waals surface area contributed by atoms with Crippen LogP contribution < -0.4 is 10.2 Å². The van der Waals surface area contributed by atoms with Gasteiger partial charge >= 0.3 is 0 Å². The van der Waals surface area contributed by atoms with E-state index in [0.29, 0.717) is 0 Å². The molecule has 2 aromatic rings. The fourth-order valence-corrected chi connectivity index (χ4v) is 2.84. The maximum Gasteiger partial charge on any atom is 0.129 e. The number of likely N-dealkylation sites (N-methyl/N-ethyl adjacent to an activating group) is 1. The highest BCUT2D eigenvalue weighted by molar-refractivity contribution is 5.84. The molecule has 1 aliphatic heterocycles.